The lowest BCUT2D eigenvalue weighted by Gasteiger charge is -2.11. The molecule has 4 aromatic rings. The molecule has 2 heterocycles. The predicted octanol–water partition coefficient (Wildman–Crippen LogP) is 4.35. The van der Waals surface area contributed by atoms with Crippen molar-refractivity contribution in [1.29, 1.82) is 5.26 Å². The van der Waals surface area contributed by atoms with Gasteiger partial charge in [0.2, 0.25) is 5.65 Å². The van der Waals surface area contributed by atoms with E-state index >= 15 is 0 Å². The molecule has 4 rings (SSSR count). The van der Waals surface area contributed by atoms with Crippen molar-refractivity contribution >= 4 is 17.2 Å². The molecular formula is C22H18N6O2. The van der Waals surface area contributed by atoms with Gasteiger partial charge in [-0.25, -0.2) is 4.98 Å². The van der Waals surface area contributed by atoms with Crippen molar-refractivity contribution in [2.75, 3.05) is 5.32 Å². The largest absolute Gasteiger partial charge is 0.366 e. The summed E-state index contributed by atoms with van der Waals surface area (Å²) in [4.78, 5) is 15.1. The normalized spacial score (nSPS) is 10.7. The fourth-order valence-electron chi connectivity index (χ4n) is 3.26. The van der Waals surface area contributed by atoms with Crippen molar-refractivity contribution in [2.24, 2.45) is 0 Å². The average Bonchev–Trinajstić information content (AvgIpc) is 3.22. The summed E-state index contributed by atoms with van der Waals surface area (Å²) in [6.07, 6.45) is 1.87. The highest BCUT2D eigenvalue weighted by Crippen LogP contribution is 2.25. The smallest absolute Gasteiger partial charge is 0.333 e. The summed E-state index contributed by atoms with van der Waals surface area (Å²) >= 11 is 0. The van der Waals surface area contributed by atoms with Crippen LogP contribution in [0.5, 0.6) is 0 Å². The van der Waals surface area contributed by atoms with E-state index in [1.54, 1.807) is 6.07 Å². The molecule has 0 atom stereocenters. The van der Waals surface area contributed by atoms with Crippen molar-refractivity contribution in [1.82, 2.24) is 14.6 Å². The van der Waals surface area contributed by atoms with E-state index in [-0.39, 0.29) is 11.3 Å². The molecule has 30 heavy (non-hydrogen) atoms. The van der Waals surface area contributed by atoms with Gasteiger partial charge in [0.15, 0.2) is 0 Å². The van der Waals surface area contributed by atoms with Crippen LogP contribution in [0.1, 0.15) is 23.7 Å². The van der Waals surface area contributed by atoms with Gasteiger partial charge in [0, 0.05) is 18.3 Å². The van der Waals surface area contributed by atoms with E-state index in [1.165, 1.54) is 10.7 Å². The van der Waals surface area contributed by atoms with Gasteiger partial charge in [0.1, 0.15) is 12.0 Å². The molecule has 0 spiro atoms. The van der Waals surface area contributed by atoms with Crippen LogP contribution in [0.3, 0.4) is 0 Å². The summed E-state index contributed by atoms with van der Waals surface area (Å²) in [6, 6.07) is 19.5. The van der Waals surface area contributed by atoms with E-state index in [4.69, 9.17) is 0 Å². The molecule has 0 amide bonds. The maximum absolute atomic E-state index is 11.2. The second-order valence-corrected chi connectivity index (χ2v) is 6.72. The number of hydrogen-bond acceptors (Lipinski definition) is 6. The van der Waals surface area contributed by atoms with Crippen molar-refractivity contribution in [3.63, 3.8) is 0 Å². The van der Waals surface area contributed by atoms with Crippen molar-refractivity contribution in [2.45, 2.75) is 19.9 Å². The van der Waals surface area contributed by atoms with E-state index in [2.05, 4.69) is 21.5 Å². The Labute approximate surface area is 172 Å². The molecule has 1 N–H and O–H groups in total. The summed E-state index contributed by atoms with van der Waals surface area (Å²) in [5.41, 5.74) is 4.38. The number of aromatic nitrogens is 3. The van der Waals surface area contributed by atoms with Gasteiger partial charge in [-0.15, -0.1) is 0 Å². The Kier molecular flexibility index (Phi) is 5.09. The third-order valence-corrected chi connectivity index (χ3v) is 4.85. The maximum atomic E-state index is 11.2. The van der Waals surface area contributed by atoms with E-state index in [0.29, 0.717) is 24.3 Å². The second-order valence-electron chi connectivity index (χ2n) is 6.72. The molecule has 148 valence electrons. The number of aryl methyl sites for hydroxylation is 1. The Morgan fingerprint density at radius 1 is 1.20 bits per heavy atom. The van der Waals surface area contributed by atoms with Crippen LogP contribution in [-0.4, -0.2) is 19.5 Å². The molecule has 8 nitrogen and oxygen atoms in total. The van der Waals surface area contributed by atoms with Crippen LogP contribution in [0.15, 0.2) is 60.8 Å². The molecule has 0 saturated carbocycles. The summed E-state index contributed by atoms with van der Waals surface area (Å²) in [5.74, 6) is 0.642. The fraction of sp³-hybridized carbons (Fsp3) is 0.136. The summed E-state index contributed by atoms with van der Waals surface area (Å²) in [7, 11) is 0. The van der Waals surface area contributed by atoms with Gasteiger partial charge in [0.25, 0.3) is 0 Å². The quantitative estimate of drug-likeness (QED) is 0.382. The van der Waals surface area contributed by atoms with Gasteiger partial charge in [-0.1, -0.05) is 49.4 Å². The van der Waals surface area contributed by atoms with Crippen LogP contribution in [0.2, 0.25) is 0 Å². The molecule has 2 aromatic carbocycles. The van der Waals surface area contributed by atoms with E-state index in [0.717, 1.165) is 22.4 Å². The molecule has 0 aliphatic heterocycles. The molecule has 0 fully saturated rings. The number of nitriles is 1. The van der Waals surface area contributed by atoms with E-state index in [1.807, 2.05) is 55.5 Å². The Hall–Kier alpha value is -4.25. The Morgan fingerprint density at radius 3 is 2.67 bits per heavy atom. The highest BCUT2D eigenvalue weighted by Gasteiger charge is 2.19. The van der Waals surface area contributed by atoms with Gasteiger partial charge in [-0.05, 0) is 29.2 Å². The minimum absolute atomic E-state index is 0.117. The van der Waals surface area contributed by atoms with Gasteiger partial charge in [0.05, 0.1) is 16.6 Å². The topological polar surface area (TPSA) is 109 Å². The zero-order chi connectivity index (χ0) is 21.1. The van der Waals surface area contributed by atoms with Crippen LogP contribution in [0.4, 0.5) is 11.5 Å². The van der Waals surface area contributed by atoms with Gasteiger partial charge in [-0.3, -0.25) is 10.1 Å². The molecule has 0 unspecified atom stereocenters. The molecule has 0 aliphatic carbocycles. The lowest BCUT2D eigenvalue weighted by Crippen LogP contribution is -2.07. The molecule has 0 aliphatic rings. The van der Waals surface area contributed by atoms with Crippen LogP contribution in [-0.2, 0) is 13.0 Å². The summed E-state index contributed by atoms with van der Waals surface area (Å²) in [5, 5.41) is 27.9. The Bertz CT molecular complexity index is 1270. The molecule has 0 bridgehead atoms. The predicted molar refractivity (Wildman–Crippen MR) is 113 cm³/mol. The number of nitrogens with zero attached hydrogens (tertiary/aromatic N) is 5. The molecule has 2 aromatic heterocycles. The Morgan fingerprint density at radius 2 is 1.97 bits per heavy atom. The van der Waals surface area contributed by atoms with E-state index < -0.39 is 4.92 Å². The number of nitrogens with one attached hydrogen (secondary N) is 1. The lowest BCUT2D eigenvalue weighted by molar-refractivity contribution is -0.383. The zero-order valence-electron chi connectivity index (χ0n) is 16.2. The fourth-order valence-corrected chi connectivity index (χ4v) is 3.26. The van der Waals surface area contributed by atoms with Crippen LogP contribution < -0.4 is 5.32 Å². The van der Waals surface area contributed by atoms with Gasteiger partial charge in [-0.2, -0.15) is 14.9 Å². The first-order chi connectivity index (χ1) is 14.6. The number of hydrogen-bond donors (Lipinski definition) is 1. The lowest BCUT2D eigenvalue weighted by atomic mass is 9.99. The molecule has 0 saturated heterocycles. The van der Waals surface area contributed by atoms with Crippen molar-refractivity contribution in [3.05, 3.63) is 87.7 Å². The molecule has 8 heteroatoms. The highest BCUT2D eigenvalue weighted by atomic mass is 16.6. The molecular weight excluding hydrogens is 380 g/mol. The van der Waals surface area contributed by atoms with Crippen LogP contribution in [0.25, 0.3) is 16.8 Å². The monoisotopic (exact) mass is 398 g/mol. The van der Waals surface area contributed by atoms with Crippen molar-refractivity contribution < 1.29 is 4.92 Å². The van der Waals surface area contributed by atoms with Gasteiger partial charge >= 0.3 is 5.69 Å². The molecule has 0 radical (unpaired) electrons. The first-order valence-electron chi connectivity index (χ1n) is 9.45. The number of benzene rings is 2. The number of fused-ring (bicyclic) bond motifs is 1. The standard InChI is InChI=1S/C22H18N6O2/c1-2-18-11-21(27-22(26-18)20(14-25-27)28(29)30)24-13-15-7-9-16(10-8-15)19-6-4-3-5-17(19)12-23/h3-11,14,24H,2,13H2,1H3. The third-order valence-electron chi connectivity index (χ3n) is 4.85. The number of anilines is 1. The minimum Gasteiger partial charge on any atom is -0.366 e. The van der Waals surface area contributed by atoms with Crippen molar-refractivity contribution in [3.8, 4) is 17.2 Å². The summed E-state index contributed by atoms with van der Waals surface area (Å²) in [6.45, 7) is 2.46. The van der Waals surface area contributed by atoms with Crippen LogP contribution in [0, 0.1) is 21.4 Å². The summed E-state index contributed by atoms with van der Waals surface area (Å²) < 4.78 is 1.45. The average molecular weight is 398 g/mol. The second kappa shape index (κ2) is 8.01. The maximum Gasteiger partial charge on any atom is 0.333 e. The van der Waals surface area contributed by atoms with Gasteiger partial charge < -0.3 is 5.32 Å². The zero-order valence-corrected chi connectivity index (χ0v) is 16.2. The third kappa shape index (κ3) is 3.56. The number of rotatable bonds is 6. The minimum atomic E-state index is -0.476. The van der Waals surface area contributed by atoms with Crippen LogP contribution >= 0.6 is 0 Å². The SMILES string of the molecule is CCc1cc(NCc2ccc(-c3ccccc3C#N)cc2)n2ncc([N+](=O)[O-])c2n1. The Balaban J connectivity index is 1.59. The van der Waals surface area contributed by atoms with E-state index in [9.17, 15) is 15.4 Å². The first kappa shape index (κ1) is 19.1. The highest BCUT2D eigenvalue weighted by molar-refractivity contribution is 5.70. The first-order valence-corrected chi connectivity index (χ1v) is 9.45. The number of nitro groups is 1.